The van der Waals surface area contributed by atoms with Crippen LogP contribution in [-0.4, -0.2) is 99.6 Å². The second-order valence-corrected chi connectivity index (χ2v) is 22.1. The van der Waals surface area contributed by atoms with Crippen LogP contribution in [-0.2, 0) is 23.8 Å². The van der Waals surface area contributed by atoms with Crippen molar-refractivity contribution in [3.8, 4) is 0 Å². The molecule has 0 aromatic carbocycles. The van der Waals surface area contributed by atoms with E-state index in [0.717, 1.165) is 64.2 Å². The standard InChI is InChI=1S/C64H119NO10/c1-4-7-10-13-16-19-22-24-26-27-28-29-30-31-32-34-37-40-43-46-49-52-59(69)75-62-61(71)60(70)58(53-66)74-64(62)73-54-55(56(67)50-47-44-41-38-35-21-18-15-12-9-6-3)65-63(72)57(68)51-48-45-42-39-36-33-25-23-20-17-14-11-8-5-2/h16,19,24,26,47,50,55-58,60-62,64,66-68,70-71H,4-15,17-18,20-23,25,27-46,48-49,51-54H2,1-3H3,(H,65,72)/b19-16-,26-24-,50-47+. The first-order valence-electron chi connectivity index (χ1n) is 31.8. The summed E-state index contributed by atoms with van der Waals surface area (Å²) in [6.45, 7) is 5.78. The van der Waals surface area contributed by atoms with E-state index in [4.69, 9.17) is 14.2 Å². The van der Waals surface area contributed by atoms with Gasteiger partial charge in [-0.2, -0.15) is 0 Å². The number of unbranched alkanes of at least 4 members (excludes halogenated alkanes) is 36. The van der Waals surface area contributed by atoms with Crippen molar-refractivity contribution in [2.24, 2.45) is 0 Å². The van der Waals surface area contributed by atoms with Crippen molar-refractivity contribution in [2.75, 3.05) is 13.2 Å². The van der Waals surface area contributed by atoms with Gasteiger partial charge in [0.25, 0.3) is 0 Å². The number of allylic oxidation sites excluding steroid dienone is 5. The monoisotopic (exact) mass is 1060 g/mol. The lowest BCUT2D eigenvalue weighted by molar-refractivity contribution is -0.305. The third-order valence-corrected chi connectivity index (χ3v) is 15.0. The minimum Gasteiger partial charge on any atom is -0.454 e. The van der Waals surface area contributed by atoms with Crippen LogP contribution in [0, 0.1) is 0 Å². The van der Waals surface area contributed by atoms with Crippen molar-refractivity contribution >= 4 is 11.9 Å². The smallest absolute Gasteiger partial charge is 0.306 e. The molecule has 11 heteroatoms. The lowest BCUT2D eigenvalue weighted by Crippen LogP contribution is -2.61. The second-order valence-electron chi connectivity index (χ2n) is 22.1. The van der Waals surface area contributed by atoms with Crippen LogP contribution >= 0.6 is 0 Å². The van der Waals surface area contributed by atoms with Crippen molar-refractivity contribution in [1.82, 2.24) is 5.32 Å². The number of hydrogen-bond acceptors (Lipinski definition) is 10. The van der Waals surface area contributed by atoms with Gasteiger partial charge in [0.1, 0.15) is 24.4 Å². The SMILES string of the molecule is CCCCC/C=C\C/C=C\CCCCCCCCCCCCCC(=O)OC1C(OCC(NC(=O)C(O)CCCCCCCCCCCCCCCC)C(O)/C=C/CCCCCCCCCCC)OC(CO)C(O)C1O. The number of hydrogen-bond donors (Lipinski definition) is 6. The van der Waals surface area contributed by atoms with Gasteiger partial charge >= 0.3 is 5.97 Å². The summed E-state index contributed by atoms with van der Waals surface area (Å²) >= 11 is 0. The van der Waals surface area contributed by atoms with Crippen LogP contribution < -0.4 is 5.32 Å². The molecule has 0 aromatic heterocycles. The molecule has 1 amide bonds. The van der Waals surface area contributed by atoms with Gasteiger partial charge in [-0.15, -0.1) is 0 Å². The van der Waals surface area contributed by atoms with Crippen molar-refractivity contribution in [3.05, 3.63) is 36.5 Å². The zero-order valence-corrected chi connectivity index (χ0v) is 48.7. The highest BCUT2D eigenvalue weighted by atomic mass is 16.7. The number of esters is 1. The molecule has 0 bridgehead atoms. The van der Waals surface area contributed by atoms with E-state index in [-0.39, 0.29) is 13.0 Å². The number of aliphatic hydroxyl groups excluding tert-OH is 5. The van der Waals surface area contributed by atoms with E-state index in [1.807, 2.05) is 6.08 Å². The highest BCUT2D eigenvalue weighted by Crippen LogP contribution is 2.26. The first kappa shape index (κ1) is 70.9. The maximum Gasteiger partial charge on any atom is 0.306 e. The summed E-state index contributed by atoms with van der Waals surface area (Å²) in [4.78, 5) is 26.5. The first-order valence-corrected chi connectivity index (χ1v) is 31.8. The molecule has 1 saturated heterocycles. The van der Waals surface area contributed by atoms with E-state index >= 15 is 0 Å². The van der Waals surface area contributed by atoms with E-state index in [0.29, 0.717) is 19.3 Å². The summed E-state index contributed by atoms with van der Waals surface area (Å²) in [6, 6.07) is -1.02. The van der Waals surface area contributed by atoms with Gasteiger partial charge in [0.2, 0.25) is 5.91 Å². The Hall–Kier alpha value is -2.12. The third kappa shape index (κ3) is 40.7. The highest BCUT2D eigenvalue weighted by molar-refractivity contribution is 5.80. The summed E-state index contributed by atoms with van der Waals surface area (Å²) in [5, 5.41) is 56.9. The fourth-order valence-electron chi connectivity index (χ4n) is 9.98. The van der Waals surface area contributed by atoms with Gasteiger partial charge in [-0.3, -0.25) is 9.59 Å². The fraction of sp³-hybridized carbons (Fsp3) is 0.875. The minimum absolute atomic E-state index is 0.124. The number of ether oxygens (including phenoxy) is 3. The lowest BCUT2D eigenvalue weighted by Gasteiger charge is -2.41. The molecule has 1 fully saturated rings. The summed E-state index contributed by atoms with van der Waals surface area (Å²) in [7, 11) is 0. The predicted molar refractivity (Wildman–Crippen MR) is 311 cm³/mol. The molecule has 11 nitrogen and oxygen atoms in total. The van der Waals surface area contributed by atoms with E-state index in [1.165, 1.54) is 186 Å². The molecule has 440 valence electrons. The molecular formula is C64H119NO10. The van der Waals surface area contributed by atoms with Crippen molar-refractivity contribution in [3.63, 3.8) is 0 Å². The van der Waals surface area contributed by atoms with Crippen molar-refractivity contribution < 1.29 is 49.3 Å². The first-order chi connectivity index (χ1) is 36.7. The number of amides is 1. The number of rotatable bonds is 54. The van der Waals surface area contributed by atoms with Crippen LogP contribution in [0.15, 0.2) is 36.5 Å². The van der Waals surface area contributed by atoms with E-state index < -0.39 is 67.4 Å². The summed E-state index contributed by atoms with van der Waals surface area (Å²) in [6.07, 6.45) is 51.8. The number of aliphatic hydroxyl groups is 5. The van der Waals surface area contributed by atoms with Gasteiger partial charge in [0.15, 0.2) is 12.4 Å². The molecule has 8 atom stereocenters. The molecule has 0 spiro atoms. The van der Waals surface area contributed by atoms with Crippen LogP contribution in [0.5, 0.6) is 0 Å². The fourth-order valence-corrected chi connectivity index (χ4v) is 9.98. The summed E-state index contributed by atoms with van der Waals surface area (Å²) < 4.78 is 17.6. The number of carbonyl (C=O) groups is 2. The van der Waals surface area contributed by atoms with Gasteiger partial charge in [0.05, 0.1) is 25.4 Å². The molecule has 75 heavy (non-hydrogen) atoms. The molecule has 0 saturated carbocycles. The second kappa shape index (κ2) is 52.6. The lowest BCUT2D eigenvalue weighted by atomic mass is 9.99. The van der Waals surface area contributed by atoms with Crippen molar-refractivity contribution in [2.45, 2.75) is 346 Å². The molecule has 1 aliphatic heterocycles. The Morgan fingerprint density at radius 1 is 0.520 bits per heavy atom. The van der Waals surface area contributed by atoms with Gasteiger partial charge in [-0.25, -0.2) is 0 Å². The molecular weight excluding hydrogens is 943 g/mol. The minimum atomic E-state index is -1.61. The average Bonchev–Trinajstić information content (AvgIpc) is 3.41. The quantitative estimate of drug-likeness (QED) is 0.0195. The molecule has 6 N–H and O–H groups in total. The molecule has 0 aliphatic carbocycles. The Balaban J connectivity index is 2.62. The third-order valence-electron chi connectivity index (χ3n) is 15.0. The molecule has 0 radical (unpaired) electrons. The van der Waals surface area contributed by atoms with Crippen LogP contribution in [0.1, 0.15) is 297 Å². The summed E-state index contributed by atoms with van der Waals surface area (Å²) in [5.41, 5.74) is 0. The normalized spacial score (nSPS) is 19.4. The number of carbonyl (C=O) groups excluding carboxylic acids is 2. The molecule has 0 aromatic rings. The maximum absolute atomic E-state index is 13.4. The molecule has 1 aliphatic rings. The molecule has 8 unspecified atom stereocenters. The van der Waals surface area contributed by atoms with Crippen molar-refractivity contribution in [1.29, 1.82) is 0 Å². The van der Waals surface area contributed by atoms with E-state index in [1.54, 1.807) is 6.08 Å². The van der Waals surface area contributed by atoms with Gasteiger partial charge < -0.3 is 45.1 Å². The highest BCUT2D eigenvalue weighted by Gasteiger charge is 2.47. The van der Waals surface area contributed by atoms with Gasteiger partial charge in [-0.05, 0) is 57.8 Å². The molecule has 1 rings (SSSR count). The van der Waals surface area contributed by atoms with Crippen LogP contribution in [0.2, 0.25) is 0 Å². The Bertz CT molecular complexity index is 1360. The van der Waals surface area contributed by atoms with Gasteiger partial charge in [-0.1, -0.05) is 269 Å². The number of nitrogens with one attached hydrogen (secondary N) is 1. The predicted octanol–water partition coefficient (Wildman–Crippen LogP) is 15.1. The average molecular weight is 1060 g/mol. The van der Waals surface area contributed by atoms with Crippen LogP contribution in [0.25, 0.3) is 0 Å². The summed E-state index contributed by atoms with van der Waals surface area (Å²) in [5.74, 6) is -1.19. The Kier molecular flexibility index (Phi) is 49.7. The van der Waals surface area contributed by atoms with Gasteiger partial charge in [0, 0.05) is 6.42 Å². The zero-order chi connectivity index (χ0) is 54.7. The van der Waals surface area contributed by atoms with Crippen LogP contribution in [0.3, 0.4) is 0 Å². The topological polar surface area (TPSA) is 175 Å². The van der Waals surface area contributed by atoms with E-state index in [2.05, 4.69) is 50.4 Å². The van der Waals surface area contributed by atoms with Crippen LogP contribution in [0.4, 0.5) is 0 Å². The largest absolute Gasteiger partial charge is 0.454 e. The Morgan fingerprint density at radius 3 is 1.39 bits per heavy atom. The molecule has 1 heterocycles. The maximum atomic E-state index is 13.4. The Morgan fingerprint density at radius 2 is 0.920 bits per heavy atom. The Labute approximate surface area is 460 Å². The zero-order valence-electron chi connectivity index (χ0n) is 48.7. The van der Waals surface area contributed by atoms with E-state index in [9.17, 15) is 35.1 Å².